The Balaban J connectivity index is 1.85. The Morgan fingerprint density at radius 2 is 1.91 bits per heavy atom. The zero-order chi connectivity index (χ0) is 16.7. The molecule has 7 heteroatoms. The van der Waals surface area contributed by atoms with Gasteiger partial charge in [-0.15, -0.1) is 0 Å². The summed E-state index contributed by atoms with van der Waals surface area (Å²) in [5, 5.41) is 7.20. The normalized spacial score (nSPS) is 11.0. The fourth-order valence-corrected chi connectivity index (χ4v) is 1.84. The SMILES string of the molecule is C/C(CC(=O)Nc1ccc(Cl)cc1)=N\NC(=O)c1ccccn1. The van der Waals surface area contributed by atoms with E-state index in [4.69, 9.17) is 11.6 Å². The van der Waals surface area contributed by atoms with E-state index < -0.39 is 5.91 Å². The quantitative estimate of drug-likeness (QED) is 0.653. The van der Waals surface area contributed by atoms with E-state index in [9.17, 15) is 9.59 Å². The van der Waals surface area contributed by atoms with Crippen LogP contribution in [0.1, 0.15) is 23.8 Å². The van der Waals surface area contributed by atoms with Gasteiger partial charge in [0.1, 0.15) is 5.69 Å². The van der Waals surface area contributed by atoms with Gasteiger partial charge in [-0.2, -0.15) is 5.10 Å². The van der Waals surface area contributed by atoms with E-state index in [0.717, 1.165) is 0 Å². The van der Waals surface area contributed by atoms with Crippen molar-refractivity contribution in [1.29, 1.82) is 0 Å². The Hall–Kier alpha value is -2.73. The van der Waals surface area contributed by atoms with Crippen LogP contribution in [-0.4, -0.2) is 22.5 Å². The van der Waals surface area contributed by atoms with Gasteiger partial charge in [0, 0.05) is 22.6 Å². The molecule has 2 aromatic rings. The molecular formula is C16H15ClN4O2. The summed E-state index contributed by atoms with van der Waals surface area (Å²) < 4.78 is 0. The van der Waals surface area contributed by atoms with Gasteiger partial charge in [0.25, 0.3) is 5.91 Å². The van der Waals surface area contributed by atoms with E-state index in [-0.39, 0.29) is 18.0 Å². The minimum absolute atomic E-state index is 0.0606. The molecule has 0 saturated carbocycles. The lowest BCUT2D eigenvalue weighted by Gasteiger charge is -2.05. The zero-order valence-corrected chi connectivity index (χ0v) is 13.2. The van der Waals surface area contributed by atoms with Crippen LogP contribution in [-0.2, 0) is 4.79 Å². The smallest absolute Gasteiger partial charge is 0.289 e. The number of nitrogens with one attached hydrogen (secondary N) is 2. The first-order valence-electron chi connectivity index (χ1n) is 6.84. The fourth-order valence-electron chi connectivity index (χ4n) is 1.71. The highest BCUT2D eigenvalue weighted by molar-refractivity contribution is 6.30. The zero-order valence-electron chi connectivity index (χ0n) is 12.4. The fraction of sp³-hybridized carbons (Fsp3) is 0.125. The standard InChI is InChI=1S/C16H15ClN4O2/c1-11(20-21-16(23)14-4-2-3-9-18-14)10-15(22)19-13-7-5-12(17)6-8-13/h2-9H,10H2,1H3,(H,19,22)(H,21,23)/b20-11+. The van der Waals surface area contributed by atoms with E-state index in [1.165, 1.54) is 6.20 Å². The third-order valence-corrected chi connectivity index (χ3v) is 3.04. The second-order valence-corrected chi connectivity index (χ2v) is 5.17. The maximum atomic E-state index is 11.9. The number of nitrogens with zero attached hydrogens (tertiary/aromatic N) is 2. The van der Waals surface area contributed by atoms with Crippen molar-refractivity contribution in [3.8, 4) is 0 Å². The Kier molecular flexibility index (Phi) is 5.82. The maximum Gasteiger partial charge on any atom is 0.289 e. The van der Waals surface area contributed by atoms with Crippen LogP contribution < -0.4 is 10.7 Å². The van der Waals surface area contributed by atoms with E-state index in [2.05, 4.69) is 20.8 Å². The monoisotopic (exact) mass is 330 g/mol. The minimum Gasteiger partial charge on any atom is -0.326 e. The van der Waals surface area contributed by atoms with Crippen LogP contribution in [0.2, 0.25) is 5.02 Å². The summed E-state index contributed by atoms with van der Waals surface area (Å²) in [5.74, 6) is -0.663. The largest absolute Gasteiger partial charge is 0.326 e. The number of rotatable bonds is 5. The molecule has 23 heavy (non-hydrogen) atoms. The Labute approximate surface area is 138 Å². The molecule has 1 aromatic heterocycles. The number of hydrazone groups is 1. The van der Waals surface area contributed by atoms with Crippen LogP contribution >= 0.6 is 11.6 Å². The number of aromatic nitrogens is 1. The topological polar surface area (TPSA) is 83.5 Å². The number of carbonyl (C=O) groups is 2. The van der Waals surface area contributed by atoms with Crippen LogP contribution in [0.15, 0.2) is 53.8 Å². The van der Waals surface area contributed by atoms with E-state index in [0.29, 0.717) is 16.4 Å². The highest BCUT2D eigenvalue weighted by Gasteiger charge is 2.07. The first kappa shape index (κ1) is 16.6. The molecule has 0 aliphatic heterocycles. The lowest BCUT2D eigenvalue weighted by molar-refractivity contribution is -0.115. The van der Waals surface area contributed by atoms with Gasteiger partial charge in [0.2, 0.25) is 5.91 Å². The Morgan fingerprint density at radius 1 is 1.17 bits per heavy atom. The predicted molar refractivity (Wildman–Crippen MR) is 89.5 cm³/mol. The van der Waals surface area contributed by atoms with Crippen molar-refractivity contribution in [2.75, 3.05) is 5.32 Å². The number of carbonyl (C=O) groups excluding carboxylic acids is 2. The average molecular weight is 331 g/mol. The Morgan fingerprint density at radius 3 is 2.57 bits per heavy atom. The first-order chi connectivity index (χ1) is 11.0. The first-order valence-corrected chi connectivity index (χ1v) is 7.22. The number of amides is 2. The second-order valence-electron chi connectivity index (χ2n) is 4.73. The lowest BCUT2D eigenvalue weighted by atomic mass is 10.2. The summed E-state index contributed by atoms with van der Waals surface area (Å²) in [4.78, 5) is 27.5. The van der Waals surface area contributed by atoms with Crippen molar-refractivity contribution < 1.29 is 9.59 Å². The third-order valence-electron chi connectivity index (χ3n) is 2.79. The number of hydrogen-bond donors (Lipinski definition) is 2. The molecule has 0 radical (unpaired) electrons. The molecule has 1 aromatic carbocycles. The van der Waals surface area contributed by atoms with Crippen molar-refractivity contribution >= 4 is 34.8 Å². The molecule has 0 fully saturated rings. The lowest BCUT2D eigenvalue weighted by Crippen LogP contribution is -2.22. The molecule has 0 aliphatic carbocycles. The predicted octanol–water partition coefficient (Wildman–Crippen LogP) is 2.87. The van der Waals surface area contributed by atoms with Crippen LogP contribution in [0, 0.1) is 0 Å². The van der Waals surface area contributed by atoms with E-state index in [1.807, 2.05) is 0 Å². The van der Waals surface area contributed by atoms with Crippen molar-refractivity contribution in [3.63, 3.8) is 0 Å². The molecule has 2 N–H and O–H groups in total. The number of hydrogen-bond acceptors (Lipinski definition) is 4. The highest BCUT2D eigenvalue weighted by Crippen LogP contribution is 2.13. The number of benzene rings is 1. The Bertz CT molecular complexity index is 715. The van der Waals surface area contributed by atoms with Gasteiger partial charge in [0.15, 0.2) is 0 Å². The van der Waals surface area contributed by atoms with Gasteiger partial charge in [-0.25, -0.2) is 5.43 Å². The number of pyridine rings is 1. The molecule has 2 amide bonds. The second kappa shape index (κ2) is 8.05. The van der Waals surface area contributed by atoms with Crippen molar-refractivity contribution in [2.45, 2.75) is 13.3 Å². The van der Waals surface area contributed by atoms with Crippen LogP contribution in [0.3, 0.4) is 0 Å². The van der Waals surface area contributed by atoms with Gasteiger partial charge in [-0.05, 0) is 43.3 Å². The molecule has 0 unspecified atom stereocenters. The summed E-state index contributed by atoms with van der Waals surface area (Å²) in [5.41, 5.74) is 3.74. The molecule has 2 rings (SSSR count). The summed E-state index contributed by atoms with van der Waals surface area (Å²) in [7, 11) is 0. The molecule has 0 spiro atoms. The molecule has 0 bridgehead atoms. The molecule has 118 valence electrons. The van der Waals surface area contributed by atoms with Crippen molar-refractivity contribution in [2.24, 2.45) is 5.10 Å². The van der Waals surface area contributed by atoms with E-state index >= 15 is 0 Å². The maximum absolute atomic E-state index is 11.9. The summed E-state index contributed by atoms with van der Waals surface area (Å²) in [6, 6.07) is 11.8. The van der Waals surface area contributed by atoms with Gasteiger partial charge in [0.05, 0.1) is 6.42 Å². The van der Waals surface area contributed by atoms with Crippen LogP contribution in [0.25, 0.3) is 0 Å². The molecule has 1 heterocycles. The van der Waals surface area contributed by atoms with Crippen LogP contribution in [0.5, 0.6) is 0 Å². The van der Waals surface area contributed by atoms with Gasteiger partial charge >= 0.3 is 0 Å². The molecule has 0 atom stereocenters. The van der Waals surface area contributed by atoms with Crippen LogP contribution in [0.4, 0.5) is 5.69 Å². The number of anilines is 1. The summed E-state index contributed by atoms with van der Waals surface area (Å²) in [6.45, 7) is 1.65. The van der Waals surface area contributed by atoms with Gasteiger partial charge in [-0.1, -0.05) is 17.7 Å². The van der Waals surface area contributed by atoms with Crippen molar-refractivity contribution in [1.82, 2.24) is 10.4 Å². The average Bonchev–Trinajstić information content (AvgIpc) is 2.55. The van der Waals surface area contributed by atoms with Gasteiger partial charge < -0.3 is 5.32 Å². The van der Waals surface area contributed by atoms with Crippen molar-refractivity contribution in [3.05, 3.63) is 59.4 Å². The number of halogens is 1. The third kappa shape index (κ3) is 5.52. The molecule has 0 aliphatic rings. The molecule has 0 saturated heterocycles. The highest BCUT2D eigenvalue weighted by atomic mass is 35.5. The van der Waals surface area contributed by atoms with Gasteiger partial charge in [-0.3, -0.25) is 14.6 Å². The van der Waals surface area contributed by atoms with E-state index in [1.54, 1.807) is 49.4 Å². The molecular weight excluding hydrogens is 316 g/mol. The summed E-state index contributed by atoms with van der Waals surface area (Å²) in [6.07, 6.45) is 1.58. The molecule has 6 nitrogen and oxygen atoms in total. The minimum atomic E-state index is -0.428. The summed E-state index contributed by atoms with van der Waals surface area (Å²) >= 11 is 5.78.